The molecule has 0 aliphatic carbocycles. The van der Waals surface area contributed by atoms with Crippen LogP contribution in [0.5, 0.6) is 5.75 Å². The summed E-state index contributed by atoms with van der Waals surface area (Å²) in [4.78, 5) is 14.3. The average molecular weight is 321 g/mol. The van der Waals surface area contributed by atoms with Gasteiger partial charge >= 0.3 is 0 Å². The minimum Gasteiger partial charge on any atom is -0.507 e. The third-order valence-electron chi connectivity index (χ3n) is 4.05. The molecule has 1 aromatic rings. The molecule has 1 aromatic carbocycles. The van der Waals surface area contributed by atoms with Gasteiger partial charge in [-0.25, -0.2) is 0 Å². The fourth-order valence-corrected chi connectivity index (χ4v) is 2.50. The second-order valence-corrected chi connectivity index (χ2v) is 8.03. The minimum absolute atomic E-state index is 0.0480. The fraction of sp³-hybridized carbons (Fsp3) is 0.632. The molecule has 0 bridgehead atoms. The van der Waals surface area contributed by atoms with Gasteiger partial charge in [0.15, 0.2) is 0 Å². The second-order valence-electron chi connectivity index (χ2n) is 8.03. The first-order valence-corrected chi connectivity index (χ1v) is 8.21. The lowest BCUT2D eigenvalue weighted by Crippen LogP contribution is -2.34. The van der Waals surface area contributed by atoms with Gasteiger partial charge in [-0.05, 0) is 29.4 Å². The van der Waals surface area contributed by atoms with Crippen molar-refractivity contribution >= 4 is 5.91 Å². The van der Waals surface area contributed by atoms with Gasteiger partial charge < -0.3 is 15.1 Å². The first-order chi connectivity index (χ1) is 10.4. The fourth-order valence-electron chi connectivity index (χ4n) is 2.50. The van der Waals surface area contributed by atoms with Crippen LogP contribution in [0.25, 0.3) is 0 Å². The third kappa shape index (κ3) is 4.47. The molecule has 0 atom stereocenters. The van der Waals surface area contributed by atoms with Crippen molar-refractivity contribution in [1.82, 2.24) is 4.90 Å². The van der Waals surface area contributed by atoms with Crippen molar-refractivity contribution in [3.05, 3.63) is 28.8 Å². The zero-order valence-electron chi connectivity index (χ0n) is 15.5. The molecule has 1 amide bonds. The van der Waals surface area contributed by atoms with E-state index in [9.17, 15) is 9.90 Å². The van der Waals surface area contributed by atoms with E-state index in [4.69, 9.17) is 5.11 Å². The number of aliphatic hydroxyl groups excluding tert-OH is 1. The summed E-state index contributed by atoms with van der Waals surface area (Å²) >= 11 is 0. The van der Waals surface area contributed by atoms with Crippen molar-refractivity contribution in [3.8, 4) is 5.75 Å². The number of aliphatic hydroxyl groups is 1. The van der Waals surface area contributed by atoms with Gasteiger partial charge in [-0.15, -0.1) is 0 Å². The summed E-state index contributed by atoms with van der Waals surface area (Å²) in [5.41, 5.74) is 1.71. The molecule has 2 N–H and O–H groups in total. The summed E-state index contributed by atoms with van der Waals surface area (Å²) in [6.45, 7) is 14.9. The first-order valence-electron chi connectivity index (χ1n) is 8.21. The van der Waals surface area contributed by atoms with Crippen LogP contribution >= 0.6 is 0 Å². The Morgan fingerprint density at radius 2 is 1.65 bits per heavy atom. The maximum absolute atomic E-state index is 12.8. The van der Waals surface area contributed by atoms with E-state index < -0.39 is 0 Å². The number of aromatic hydroxyl groups is 1. The Balaban J connectivity index is 3.55. The van der Waals surface area contributed by atoms with Crippen LogP contribution < -0.4 is 0 Å². The molecule has 0 spiro atoms. The number of hydrogen-bond acceptors (Lipinski definition) is 3. The lowest BCUT2D eigenvalue weighted by molar-refractivity contribution is 0.0728. The highest BCUT2D eigenvalue weighted by atomic mass is 16.3. The van der Waals surface area contributed by atoms with Crippen molar-refractivity contribution in [2.24, 2.45) is 0 Å². The predicted molar refractivity (Wildman–Crippen MR) is 94.2 cm³/mol. The van der Waals surface area contributed by atoms with Crippen molar-refractivity contribution in [1.29, 1.82) is 0 Å². The highest BCUT2D eigenvalue weighted by Gasteiger charge is 2.28. The SMILES string of the molecule is CCN(CCO)C(=O)c1cc(C(C)(C)C)cc(C(C)(C)C)c1O. The Morgan fingerprint density at radius 1 is 1.09 bits per heavy atom. The lowest BCUT2D eigenvalue weighted by Gasteiger charge is -2.28. The van der Waals surface area contributed by atoms with Crippen LogP contribution in [0, 0.1) is 0 Å². The van der Waals surface area contributed by atoms with Crippen LogP contribution in [-0.4, -0.2) is 40.7 Å². The molecule has 0 aromatic heterocycles. The molecule has 0 unspecified atom stereocenters. The van der Waals surface area contributed by atoms with Crippen molar-refractivity contribution < 1.29 is 15.0 Å². The molecule has 0 aliphatic heterocycles. The van der Waals surface area contributed by atoms with Gasteiger partial charge in [0, 0.05) is 18.7 Å². The van der Waals surface area contributed by atoms with Crippen LogP contribution in [0.2, 0.25) is 0 Å². The topological polar surface area (TPSA) is 60.8 Å². The minimum atomic E-state index is -0.269. The Morgan fingerprint density at radius 3 is 2.04 bits per heavy atom. The Kier molecular flexibility index (Phi) is 5.86. The number of phenols is 1. The van der Waals surface area contributed by atoms with Crippen LogP contribution in [0.15, 0.2) is 12.1 Å². The maximum Gasteiger partial charge on any atom is 0.257 e. The van der Waals surface area contributed by atoms with Gasteiger partial charge in [0.2, 0.25) is 0 Å². The molecular formula is C19H31NO3. The van der Waals surface area contributed by atoms with Crippen molar-refractivity contribution in [2.75, 3.05) is 19.7 Å². The number of carbonyl (C=O) groups excluding carboxylic acids is 1. The number of likely N-dealkylation sites (N-methyl/N-ethyl adjacent to an activating group) is 1. The van der Waals surface area contributed by atoms with Crippen LogP contribution in [-0.2, 0) is 10.8 Å². The molecule has 130 valence electrons. The predicted octanol–water partition coefficient (Wildman–Crippen LogP) is 3.44. The Labute approximate surface area is 140 Å². The van der Waals surface area contributed by atoms with Gasteiger partial charge in [0.05, 0.1) is 12.2 Å². The quantitative estimate of drug-likeness (QED) is 0.893. The van der Waals surface area contributed by atoms with Crippen molar-refractivity contribution in [2.45, 2.75) is 59.3 Å². The molecule has 4 nitrogen and oxygen atoms in total. The van der Waals surface area contributed by atoms with E-state index in [-0.39, 0.29) is 35.6 Å². The number of benzene rings is 1. The van der Waals surface area contributed by atoms with E-state index in [2.05, 4.69) is 20.8 Å². The number of phenolic OH excluding ortho intramolecular Hbond substituents is 1. The lowest BCUT2D eigenvalue weighted by atomic mass is 9.78. The Hall–Kier alpha value is -1.55. The standard InChI is InChI=1S/C19H31NO3/c1-8-20(9-10-21)17(23)14-11-13(18(2,3)4)12-15(16(14)22)19(5,6)7/h11-12,21-22H,8-10H2,1-7H3. The van der Waals surface area contributed by atoms with Crippen LogP contribution in [0.3, 0.4) is 0 Å². The van der Waals surface area contributed by atoms with Gasteiger partial charge in [-0.1, -0.05) is 47.6 Å². The van der Waals surface area contributed by atoms with E-state index in [0.29, 0.717) is 12.1 Å². The molecular weight excluding hydrogens is 290 g/mol. The van der Waals surface area contributed by atoms with E-state index in [0.717, 1.165) is 11.1 Å². The summed E-state index contributed by atoms with van der Waals surface area (Å²) in [5.74, 6) is -0.192. The number of hydrogen-bond donors (Lipinski definition) is 2. The van der Waals surface area contributed by atoms with Crippen molar-refractivity contribution in [3.63, 3.8) is 0 Å². The highest BCUT2D eigenvalue weighted by molar-refractivity contribution is 5.97. The first kappa shape index (κ1) is 19.5. The summed E-state index contributed by atoms with van der Waals surface area (Å²) in [5, 5.41) is 19.8. The van der Waals surface area contributed by atoms with E-state index in [1.165, 1.54) is 0 Å². The molecule has 23 heavy (non-hydrogen) atoms. The maximum atomic E-state index is 12.8. The molecule has 0 aliphatic rings. The Bertz CT molecular complexity index is 565. The number of nitrogens with zero attached hydrogens (tertiary/aromatic N) is 1. The molecule has 1 rings (SSSR count). The monoisotopic (exact) mass is 321 g/mol. The second kappa shape index (κ2) is 6.91. The zero-order chi connectivity index (χ0) is 18.0. The highest BCUT2D eigenvalue weighted by Crippen LogP contribution is 2.38. The molecule has 0 radical (unpaired) electrons. The van der Waals surface area contributed by atoms with E-state index in [1.807, 2.05) is 33.8 Å². The third-order valence-corrected chi connectivity index (χ3v) is 4.05. The molecule has 0 saturated carbocycles. The van der Waals surface area contributed by atoms with Gasteiger partial charge in [-0.2, -0.15) is 0 Å². The normalized spacial score (nSPS) is 12.3. The average Bonchev–Trinajstić information content (AvgIpc) is 2.41. The van der Waals surface area contributed by atoms with Crippen LogP contribution in [0.1, 0.15) is 70.0 Å². The summed E-state index contributed by atoms with van der Waals surface area (Å²) in [7, 11) is 0. The summed E-state index contributed by atoms with van der Waals surface area (Å²) < 4.78 is 0. The number of rotatable bonds is 4. The zero-order valence-corrected chi connectivity index (χ0v) is 15.5. The number of carbonyl (C=O) groups is 1. The smallest absolute Gasteiger partial charge is 0.257 e. The molecule has 4 heteroatoms. The summed E-state index contributed by atoms with van der Waals surface area (Å²) in [6.07, 6.45) is 0. The molecule has 0 heterocycles. The van der Waals surface area contributed by atoms with Crippen LogP contribution in [0.4, 0.5) is 0 Å². The van der Waals surface area contributed by atoms with E-state index >= 15 is 0 Å². The van der Waals surface area contributed by atoms with Gasteiger partial charge in [0.1, 0.15) is 5.75 Å². The van der Waals surface area contributed by atoms with Gasteiger partial charge in [0.25, 0.3) is 5.91 Å². The largest absolute Gasteiger partial charge is 0.507 e. The summed E-state index contributed by atoms with van der Waals surface area (Å²) in [6, 6.07) is 3.78. The number of amides is 1. The van der Waals surface area contributed by atoms with Gasteiger partial charge in [-0.3, -0.25) is 4.79 Å². The molecule has 0 saturated heterocycles. The van der Waals surface area contributed by atoms with E-state index in [1.54, 1.807) is 11.0 Å². The molecule has 0 fully saturated rings.